The van der Waals surface area contributed by atoms with Gasteiger partial charge < -0.3 is 14.9 Å². The third-order valence-corrected chi connectivity index (χ3v) is 14.0. The van der Waals surface area contributed by atoms with Gasteiger partial charge in [0.25, 0.3) is 0 Å². The van der Waals surface area contributed by atoms with Crippen LogP contribution in [0.4, 0.5) is 11.5 Å². The van der Waals surface area contributed by atoms with Crippen molar-refractivity contribution in [2.75, 3.05) is 23.0 Å². The number of nitrogens with zero attached hydrogens (tertiary/aromatic N) is 4. The zero-order valence-corrected chi connectivity index (χ0v) is 32.7. The third-order valence-electron chi connectivity index (χ3n) is 12.4. The lowest BCUT2D eigenvalue weighted by Gasteiger charge is -2.49. The van der Waals surface area contributed by atoms with Crippen LogP contribution in [0.25, 0.3) is 20.7 Å². The Bertz CT molecular complexity index is 2610. The zero-order chi connectivity index (χ0) is 40.1. The number of halogens is 1. The van der Waals surface area contributed by atoms with Crippen LogP contribution in [-0.2, 0) is 26.2 Å². The highest BCUT2D eigenvalue weighted by Crippen LogP contribution is 2.64. The van der Waals surface area contributed by atoms with Gasteiger partial charge in [-0.3, -0.25) is 28.8 Å². The summed E-state index contributed by atoms with van der Waals surface area (Å²) in [5.41, 5.74) is 1.74. The van der Waals surface area contributed by atoms with Crippen LogP contribution < -0.4 is 14.5 Å². The summed E-state index contributed by atoms with van der Waals surface area (Å²) in [5, 5.41) is 25.8. The molecule has 1 saturated carbocycles. The number of aromatic nitrogens is 2. The van der Waals surface area contributed by atoms with E-state index in [9.17, 15) is 29.4 Å². The predicted octanol–water partition coefficient (Wildman–Crippen LogP) is 6.77. The Morgan fingerprint density at radius 1 is 0.982 bits per heavy atom. The van der Waals surface area contributed by atoms with Crippen LogP contribution in [0.1, 0.15) is 47.2 Å². The molecule has 2 aliphatic heterocycles. The Kier molecular flexibility index (Phi) is 8.76. The van der Waals surface area contributed by atoms with E-state index < -0.39 is 64.6 Å². The minimum absolute atomic E-state index is 0.00540. The molecular weight excluding hydrogens is 768 g/mol. The van der Waals surface area contributed by atoms with Gasteiger partial charge in [0.2, 0.25) is 23.6 Å². The molecule has 14 heteroatoms. The second kappa shape index (κ2) is 13.5. The second-order valence-corrected chi connectivity index (χ2v) is 16.8. The molecule has 57 heavy (non-hydrogen) atoms. The molecule has 4 aliphatic rings. The van der Waals surface area contributed by atoms with Gasteiger partial charge in [-0.1, -0.05) is 47.5 Å². The number of para-hydroxylation sites is 1. The van der Waals surface area contributed by atoms with Crippen LogP contribution in [0.5, 0.6) is 5.75 Å². The van der Waals surface area contributed by atoms with E-state index in [4.69, 9.17) is 21.4 Å². The van der Waals surface area contributed by atoms with Crippen LogP contribution in [0, 0.1) is 36.0 Å². The summed E-state index contributed by atoms with van der Waals surface area (Å²) in [6.45, 7) is 3.54. The van der Waals surface area contributed by atoms with Gasteiger partial charge in [-0.15, -0.1) is 11.3 Å². The highest BCUT2D eigenvalue weighted by atomic mass is 35.5. The quantitative estimate of drug-likeness (QED) is 0.128. The number of thiophene rings is 1. The minimum Gasteiger partial charge on any atom is -0.491 e. The van der Waals surface area contributed by atoms with Crippen molar-refractivity contribution in [3.05, 3.63) is 106 Å². The lowest BCUT2D eigenvalue weighted by Crippen LogP contribution is -2.49. The van der Waals surface area contributed by atoms with Crippen molar-refractivity contribution in [3.8, 4) is 16.3 Å². The highest BCUT2D eigenvalue weighted by molar-refractivity contribution is 7.22. The average molecular weight is 805 g/mol. The van der Waals surface area contributed by atoms with Gasteiger partial charge in [0.05, 0.1) is 45.9 Å². The molecule has 2 N–H and O–H groups in total. The van der Waals surface area contributed by atoms with Gasteiger partial charge in [-0.25, -0.2) is 9.69 Å². The maximum absolute atomic E-state index is 15.2. The topological polar surface area (TPSA) is 159 Å². The number of carbonyl (C=O) groups is 5. The molecule has 5 aromatic rings. The fourth-order valence-corrected chi connectivity index (χ4v) is 11.1. The number of carboxylic acids is 1. The van der Waals surface area contributed by atoms with Crippen molar-refractivity contribution in [2.45, 2.75) is 32.6 Å². The van der Waals surface area contributed by atoms with Crippen LogP contribution in [0.2, 0.25) is 5.02 Å². The first-order chi connectivity index (χ1) is 27.3. The first-order valence-corrected chi connectivity index (χ1v) is 19.9. The maximum Gasteiger partial charge on any atom is 0.335 e. The van der Waals surface area contributed by atoms with Crippen LogP contribution in [0.15, 0.2) is 84.4 Å². The number of anilines is 2. The number of ether oxygens (including phenoxy) is 1. The number of hydrogen-bond acceptors (Lipinski definition) is 9. The molecule has 9 rings (SSSR count). The lowest BCUT2D eigenvalue weighted by atomic mass is 9.51. The van der Waals surface area contributed by atoms with Crippen LogP contribution >= 0.6 is 22.9 Å². The molecule has 2 aliphatic carbocycles. The molecule has 4 amide bonds. The molecule has 2 aromatic heterocycles. The normalized spacial score (nSPS) is 25.5. The number of aliphatic hydroxyl groups is 1. The first kappa shape index (κ1) is 37.0. The smallest absolute Gasteiger partial charge is 0.335 e. The summed E-state index contributed by atoms with van der Waals surface area (Å²) >= 11 is 7.87. The van der Waals surface area contributed by atoms with Crippen molar-refractivity contribution < 1.29 is 38.9 Å². The maximum atomic E-state index is 15.2. The molecule has 4 heterocycles. The number of fused-ring (bicyclic) bond motifs is 5. The van der Waals surface area contributed by atoms with Crippen molar-refractivity contribution in [1.82, 2.24) is 9.78 Å². The fraction of sp³-hybridized carbons (Fsp3) is 0.302. The number of carbonyl (C=O) groups excluding carboxylic acids is 4. The van der Waals surface area contributed by atoms with Gasteiger partial charge in [-0.05, 0) is 86.0 Å². The Hall–Kier alpha value is -5.63. The van der Waals surface area contributed by atoms with Crippen molar-refractivity contribution >= 4 is 74.1 Å². The van der Waals surface area contributed by atoms with Crippen molar-refractivity contribution in [3.63, 3.8) is 0 Å². The number of benzene rings is 3. The summed E-state index contributed by atoms with van der Waals surface area (Å²) in [5.74, 6) is -6.05. The van der Waals surface area contributed by atoms with Gasteiger partial charge in [0.1, 0.15) is 23.9 Å². The number of aryl methyl sites for hydroxylation is 2. The molecule has 12 nitrogen and oxygen atoms in total. The third kappa shape index (κ3) is 5.43. The number of allylic oxidation sites excluding steroid dienone is 2. The number of carboxylic acid groups (broad SMARTS) is 1. The molecule has 3 fully saturated rings. The van der Waals surface area contributed by atoms with Crippen molar-refractivity contribution in [1.29, 1.82) is 0 Å². The van der Waals surface area contributed by atoms with E-state index in [1.807, 2.05) is 43.3 Å². The summed E-state index contributed by atoms with van der Waals surface area (Å²) in [6.07, 6.45) is 2.29. The van der Waals surface area contributed by atoms with E-state index in [-0.39, 0.29) is 37.3 Å². The molecule has 3 aromatic carbocycles. The molecule has 0 spiro atoms. The number of hydrogen-bond donors (Lipinski definition) is 2. The Morgan fingerprint density at radius 3 is 2.54 bits per heavy atom. The molecule has 0 bridgehead atoms. The molecule has 2 saturated heterocycles. The molecule has 0 unspecified atom stereocenters. The molecule has 290 valence electrons. The number of amides is 4. The first-order valence-electron chi connectivity index (χ1n) is 18.7. The number of aromatic carboxylic acids is 1. The average Bonchev–Trinajstić information content (AvgIpc) is 3.87. The Labute approximate surface area is 335 Å². The summed E-state index contributed by atoms with van der Waals surface area (Å²) in [7, 11) is 1.70. The highest BCUT2D eigenvalue weighted by Gasteiger charge is 2.68. The fourth-order valence-electron chi connectivity index (χ4n) is 9.83. The van der Waals surface area contributed by atoms with Crippen molar-refractivity contribution in [2.24, 2.45) is 36.1 Å². The van der Waals surface area contributed by atoms with Gasteiger partial charge in [-0.2, -0.15) is 5.10 Å². The van der Waals surface area contributed by atoms with Gasteiger partial charge in [0.15, 0.2) is 0 Å². The van der Waals surface area contributed by atoms with E-state index in [2.05, 4.69) is 0 Å². The van der Waals surface area contributed by atoms with E-state index in [1.165, 1.54) is 29.2 Å². The second-order valence-electron chi connectivity index (χ2n) is 15.3. The van der Waals surface area contributed by atoms with Crippen LogP contribution in [-0.4, -0.2) is 62.8 Å². The van der Waals surface area contributed by atoms with Gasteiger partial charge >= 0.3 is 5.97 Å². The lowest BCUT2D eigenvalue weighted by molar-refractivity contribution is -0.131. The summed E-state index contributed by atoms with van der Waals surface area (Å²) in [4.78, 5) is 73.8. The molecule has 6 atom stereocenters. The largest absolute Gasteiger partial charge is 0.491 e. The van der Waals surface area contributed by atoms with E-state index in [1.54, 1.807) is 48.2 Å². The van der Waals surface area contributed by atoms with E-state index in [0.29, 0.717) is 27.8 Å². The SMILES string of the molecule is Cc1c(-c2cc(N3C(=O)[C@@H]4C[C@@H]5C(=CC[C@@H]6C(=O)N(c7cccc(C(=O)O)c7)C(=O)[C@@H]65)[C@H](c5ccccc5OCCO)[C@]4(C)C3=O)n(C)n2)sc2ccc(Cl)cc12. The number of rotatable bonds is 8. The minimum atomic E-state index is -1.35. The van der Waals surface area contributed by atoms with E-state index >= 15 is 4.79 Å². The number of aliphatic hydroxyl groups excluding tert-OH is 1. The van der Waals surface area contributed by atoms with Crippen LogP contribution in [0.3, 0.4) is 0 Å². The summed E-state index contributed by atoms with van der Waals surface area (Å²) in [6, 6.07) is 20.4. The van der Waals surface area contributed by atoms with Gasteiger partial charge in [0, 0.05) is 34.3 Å². The molecule has 0 radical (unpaired) electrons. The Balaban J connectivity index is 1.16. The Morgan fingerprint density at radius 2 is 1.77 bits per heavy atom. The zero-order valence-electron chi connectivity index (χ0n) is 31.1. The van der Waals surface area contributed by atoms with E-state index in [0.717, 1.165) is 31.0 Å². The summed E-state index contributed by atoms with van der Waals surface area (Å²) < 4.78 is 8.61. The monoisotopic (exact) mass is 804 g/mol. The standard InChI is InChI=1S/C43H37ClN4O8S/c1-21-28-18-23(44)11-14-33(28)57-37(21)31-20-34(46(3)45-31)48-39(51)30-19-29-25(36(43(30,2)42(48)55)26-9-4-5-10-32(26)56-16-15-49)12-13-27-35(29)40(52)47(38(27)50)24-8-6-7-22(17-24)41(53)54/h4-12,14,17-18,20,27,29-30,35-36,49H,13,15-16,19H2,1-3H3,(H,53,54)/t27-,29+,30-,35-,36+,43+/m0/s1. The molecular formula is C43H37ClN4O8S. The number of imide groups is 2. The predicted molar refractivity (Wildman–Crippen MR) is 213 cm³/mol.